The summed E-state index contributed by atoms with van der Waals surface area (Å²) in [5.41, 5.74) is 4.27. The van der Waals surface area contributed by atoms with Crippen LogP contribution in [0.3, 0.4) is 0 Å². The number of ether oxygens (including phenoxy) is 1. The second-order valence-electron chi connectivity index (χ2n) is 4.90. The van der Waals surface area contributed by atoms with Crippen LogP contribution in [0.25, 0.3) is 0 Å². The summed E-state index contributed by atoms with van der Waals surface area (Å²) in [6.45, 7) is 1.81. The molecule has 1 saturated carbocycles. The van der Waals surface area contributed by atoms with Crippen LogP contribution < -0.4 is 10.9 Å². The fraction of sp³-hybridized carbons (Fsp3) is 0.429. The number of benzene rings is 1. The molecule has 0 bridgehead atoms. The average molecular weight is 316 g/mol. The van der Waals surface area contributed by atoms with E-state index in [1.54, 1.807) is 6.92 Å². The first-order valence-electron chi connectivity index (χ1n) is 6.72. The number of nitrogens with one attached hydrogen (secondary N) is 2. The zero-order valence-corrected chi connectivity index (χ0v) is 11.7. The van der Waals surface area contributed by atoms with Crippen LogP contribution >= 0.6 is 0 Å². The number of rotatable bonds is 3. The van der Waals surface area contributed by atoms with Gasteiger partial charge >= 0.3 is 12.3 Å². The molecule has 2 amide bonds. The average Bonchev–Trinajstić information content (AvgIpc) is 3.25. The molecule has 0 aromatic heterocycles. The van der Waals surface area contributed by atoms with Gasteiger partial charge in [-0.3, -0.25) is 10.2 Å². The van der Waals surface area contributed by atoms with E-state index < -0.39 is 23.7 Å². The Morgan fingerprint density at radius 1 is 1.23 bits per heavy atom. The lowest BCUT2D eigenvalue weighted by Crippen LogP contribution is -2.42. The van der Waals surface area contributed by atoms with Crippen molar-refractivity contribution in [3.63, 3.8) is 0 Å². The summed E-state index contributed by atoms with van der Waals surface area (Å²) >= 11 is 0. The van der Waals surface area contributed by atoms with Crippen LogP contribution in [0.2, 0.25) is 0 Å². The molecule has 2 atom stereocenters. The molecule has 0 spiro atoms. The van der Waals surface area contributed by atoms with Gasteiger partial charge in [0.2, 0.25) is 5.91 Å². The largest absolute Gasteiger partial charge is 0.449 e. The van der Waals surface area contributed by atoms with Crippen LogP contribution in [0.15, 0.2) is 24.3 Å². The fourth-order valence-electron chi connectivity index (χ4n) is 2.14. The fourth-order valence-corrected chi connectivity index (χ4v) is 2.14. The molecule has 22 heavy (non-hydrogen) atoms. The summed E-state index contributed by atoms with van der Waals surface area (Å²) in [4.78, 5) is 22.8. The van der Waals surface area contributed by atoms with Crippen LogP contribution in [-0.2, 0) is 15.7 Å². The molecular weight excluding hydrogens is 301 g/mol. The van der Waals surface area contributed by atoms with Crippen LogP contribution in [0.4, 0.5) is 18.0 Å². The molecule has 1 aromatic carbocycles. The van der Waals surface area contributed by atoms with E-state index in [4.69, 9.17) is 0 Å². The van der Waals surface area contributed by atoms with E-state index in [1.165, 1.54) is 12.1 Å². The lowest BCUT2D eigenvalue weighted by molar-refractivity contribution is -0.137. The molecule has 5 nitrogen and oxygen atoms in total. The van der Waals surface area contributed by atoms with Gasteiger partial charge in [-0.2, -0.15) is 13.2 Å². The Labute approximate surface area is 124 Å². The third-order valence-electron chi connectivity index (χ3n) is 3.36. The number of halogens is 3. The first kappa shape index (κ1) is 16.1. The van der Waals surface area contributed by atoms with Gasteiger partial charge in [-0.25, -0.2) is 10.2 Å². The Morgan fingerprint density at radius 3 is 2.41 bits per heavy atom. The highest BCUT2D eigenvalue weighted by molar-refractivity contribution is 5.84. The van der Waals surface area contributed by atoms with Crippen molar-refractivity contribution in [1.29, 1.82) is 0 Å². The van der Waals surface area contributed by atoms with E-state index in [9.17, 15) is 22.8 Å². The molecule has 0 radical (unpaired) electrons. The molecule has 0 aliphatic heterocycles. The molecule has 1 aliphatic carbocycles. The summed E-state index contributed by atoms with van der Waals surface area (Å²) < 4.78 is 42.0. The van der Waals surface area contributed by atoms with E-state index in [-0.39, 0.29) is 18.4 Å². The Hall–Kier alpha value is -2.25. The van der Waals surface area contributed by atoms with Crippen LogP contribution in [0.5, 0.6) is 0 Å². The lowest BCUT2D eigenvalue weighted by atomic mass is 10.1. The van der Waals surface area contributed by atoms with Crippen molar-refractivity contribution in [2.24, 2.45) is 5.92 Å². The van der Waals surface area contributed by atoms with Gasteiger partial charge in [0.1, 0.15) is 0 Å². The molecule has 1 aliphatic rings. The highest BCUT2D eigenvalue weighted by Crippen LogP contribution is 2.47. The number of carbonyl (C=O) groups excluding carboxylic acids is 2. The zero-order valence-electron chi connectivity index (χ0n) is 11.7. The number of hydrogen-bond donors (Lipinski definition) is 2. The van der Waals surface area contributed by atoms with Gasteiger partial charge in [0, 0.05) is 5.92 Å². The van der Waals surface area contributed by atoms with Crippen LogP contribution in [-0.4, -0.2) is 18.6 Å². The molecule has 0 heterocycles. The Morgan fingerprint density at radius 2 is 1.86 bits per heavy atom. The molecule has 2 rings (SSSR count). The van der Waals surface area contributed by atoms with Crippen molar-refractivity contribution in [3.05, 3.63) is 35.4 Å². The van der Waals surface area contributed by atoms with Gasteiger partial charge in [0.05, 0.1) is 12.2 Å². The van der Waals surface area contributed by atoms with E-state index in [0.717, 1.165) is 12.1 Å². The summed E-state index contributed by atoms with van der Waals surface area (Å²) in [6.07, 6.45) is -4.60. The van der Waals surface area contributed by atoms with Crippen molar-refractivity contribution in [2.45, 2.75) is 25.4 Å². The van der Waals surface area contributed by atoms with Gasteiger partial charge in [0.15, 0.2) is 0 Å². The molecule has 8 heteroatoms. The third kappa shape index (κ3) is 3.90. The molecule has 2 N–H and O–H groups in total. The predicted molar refractivity (Wildman–Crippen MR) is 70.6 cm³/mol. The number of hydrazine groups is 1. The number of carbonyl (C=O) groups is 2. The summed E-state index contributed by atoms with van der Waals surface area (Å²) in [5.74, 6) is -0.886. The standard InChI is InChI=1S/C14H15F3N2O3/c1-2-22-13(21)19-18-12(20)11-7-10(11)8-3-5-9(6-4-8)14(15,16)17/h3-6,10-11H,2,7H2,1H3,(H,18,20)(H,19,21). The second-order valence-corrected chi connectivity index (χ2v) is 4.90. The topological polar surface area (TPSA) is 67.4 Å². The van der Waals surface area contributed by atoms with Gasteiger partial charge in [-0.05, 0) is 37.0 Å². The van der Waals surface area contributed by atoms with Crippen LogP contribution in [0.1, 0.15) is 30.4 Å². The minimum atomic E-state index is -4.37. The highest BCUT2D eigenvalue weighted by atomic mass is 19.4. The number of amides is 2. The number of alkyl halides is 3. The second kappa shape index (κ2) is 6.25. The Bertz CT molecular complexity index is 557. The van der Waals surface area contributed by atoms with Crippen LogP contribution in [0, 0.1) is 5.92 Å². The smallest absolute Gasteiger partial charge is 0.426 e. The first-order chi connectivity index (χ1) is 10.3. The summed E-state index contributed by atoms with van der Waals surface area (Å²) in [7, 11) is 0. The van der Waals surface area contributed by atoms with Gasteiger partial charge < -0.3 is 4.74 Å². The zero-order chi connectivity index (χ0) is 16.3. The van der Waals surface area contributed by atoms with E-state index in [1.807, 2.05) is 0 Å². The Balaban J connectivity index is 1.87. The predicted octanol–water partition coefficient (Wildman–Crippen LogP) is 2.59. The van der Waals surface area contributed by atoms with E-state index >= 15 is 0 Å². The van der Waals surface area contributed by atoms with Crippen molar-refractivity contribution >= 4 is 12.0 Å². The molecule has 0 saturated heterocycles. The molecular formula is C14H15F3N2O3. The maximum Gasteiger partial charge on any atom is 0.426 e. The van der Waals surface area contributed by atoms with Gasteiger partial charge in [-0.15, -0.1) is 0 Å². The summed E-state index contributed by atoms with van der Waals surface area (Å²) in [5, 5.41) is 0. The summed E-state index contributed by atoms with van der Waals surface area (Å²) in [6, 6.07) is 4.75. The first-order valence-corrected chi connectivity index (χ1v) is 6.72. The third-order valence-corrected chi connectivity index (χ3v) is 3.36. The maximum absolute atomic E-state index is 12.5. The molecule has 1 aromatic rings. The van der Waals surface area contributed by atoms with Crippen molar-refractivity contribution in [1.82, 2.24) is 10.9 Å². The molecule has 120 valence electrons. The Kier molecular flexibility index (Phi) is 4.58. The van der Waals surface area contributed by atoms with Gasteiger partial charge in [-0.1, -0.05) is 12.1 Å². The number of hydrogen-bond acceptors (Lipinski definition) is 3. The minimum Gasteiger partial charge on any atom is -0.449 e. The quantitative estimate of drug-likeness (QED) is 0.842. The van der Waals surface area contributed by atoms with E-state index in [2.05, 4.69) is 15.6 Å². The van der Waals surface area contributed by atoms with Crippen molar-refractivity contribution in [3.8, 4) is 0 Å². The monoisotopic (exact) mass is 316 g/mol. The van der Waals surface area contributed by atoms with E-state index in [0.29, 0.717) is 12.0 Å². The van der Waals surface area contributed by atoms with Gasteiger partial charge in [0.25, 0.3) is 0 Å². The molecule has 1 fully saturated rings. The molecule has 2 unspecified atom stereocenters. The normalized spacial score (nSPS) is 20.2. The minimum absolute atomic E-state index is 0.133. The maximum atomic E-state index is 12.5. The SMILES string of the molecule is CCOC(=O)NNC(=O)C1CC1c1ccc(C(F)(F)F)cc1. The lowest BCUT2D eigenvalue weighted by Gasteiger charge is -2.08. The highest BCUT2D eigenvalue weighted by Gasteiger charge is 2.44. The van der Waals surface area contributed by atoms with Crippen molar-refractivity contribution < 1.29 is 27.5 Å². The van der Waals surface area contributed by atoms with Crippen molar-refractivity contribution in [2.75, 3.05) is 6.61 Å².